The van der Waals surface area contributed by atoms with Crippen LogP contribution in [0.2, 0.25) is 0 Å². The van der Waals surface area contributed by atoms with Gasteiger partial charge in [-0.1, -0.05) is 13.8 Å². The first-order valence-corrected chi connectivity index (χ1v) is 5.44. The van der Waals surface area contributed by atoms with Crippen molar-refractivity contribution in [1.82, 2.24) is 15.1 Å². The summed E-state index contributed by atoms with van der Waals surface area (Å²) in [5, 5.41) is 7.27. The summed E-state index contributed by atoms with van der Waals surface area (Å²) in [5.74, 6) is -0.221. The maximum atomic E-state index is 11.5. The van der Waals surface area contributed by atoms with Crippen LogP contribution in [0, 0.1) is 0 Å². The standard InChI is InChI=1S/C11H19N3O2/c1-9(2)13-10(11(15)16-3)5-8-14-7-4-6-12-14/h4,6-7,9-10,13H,5,8H2,1-3H3. The number of nitrogens with one attached hydrogen (secondary N) is 1. The molecule has 0 spiro atoms. The molecule has 0 saturated carbocycles. The van der Waals surface area contributed by atoms with Crippen LogP contribution in [0.3, 0.4) is 0 Å². The fraction of sp³-hybridized carbons (Fsp3) is 0.636. The molecule has 1 unspecified atom stereocenters. The van der Waals surface area contributed by atoms with E-state index in [1.807, 2.05) is 26.1 Å². The van der Waals surface area contributed by atoms with Gasteiger partial charge in [0.1, 0.15) is 6.04 Å². The number of hydrogen-bond donors (Lipinski definition) is 1. The molecular weight excluding hydrogens is 206 g/mol. The molecule has 1 atom stereocenters. The minimum absolute atomic E-state index is 0.221. The molecular formula is C11H19N3O2. The van der Waals surface area contributed by atoms with Gasteiger partial charge in [0.15, 0.2) is 0 Å². The molecule has 0 aliphatic carbocycles. The van der Waals surface area contributed by atoms with Crippen LogP contribution in [0.15, 0.2) is 18.5 Å². The van der Waals surface area contributed by atoms with Crippen LogP contribution in [0.1, 0.15) is 20.3 Å². The molecule has 16 heavy (non-hydrogen) atoms. The first-order chi connectivity index (χ1) is 7.63. The zero-order valence-corrected chi connectivity index (χ0v) is 10.0. The van der Waals surface area contributed by atoms with Crippen molar-refractivity contribution in [3.05, 3.63) is 18.5 Å². The number of rotatable bonds is 6. The average molecular weight is 225 g/mol. The van der Waals surface area contributed by atoms with Crippen molar-refractivity contribution >= 4 is 5.97 Å². The summed E-state index contributed by atoms with van der Waals surface area (Å²) >= 11 is 0. The van der Waals surface area contributed by atoms with Crippen LogP contribution in [0.25, 0.3) is 0 Å². The van der Waals surface area contributed by atoms with Crippen molar-refractivity contribution in [3.63, 3.8) is 0 Å². The van der Waals surface area contributed by atoms with Crippen LogP contribution in [0.4, 0.5) is 0 Å². The second-order valence-electron chi connectivity index (χ2n) is 3.95. The van der Waals surface area contributed by atoms with E-state index in [2.05, 4.69) is 10.4 Å². The van der Waals surface area contributed by atoms with Gasteiger partial charge in [-0.05, 0) is 12.5 Å². The van der Waals surface area contributed by atoms with Crippen LogP contribution in [-0.4, -0.2) is 34.9 Å². The summed E-state index contributed by atoms with van der Waals surface area (Å²) < 4.78 is 6.56. The van der Waals surface area contributed by atoms with E-state index in [4.69, 9.17) is 4.74 Å². The van der Waals surface area contributed by atoms with Crippen LogP contribution < -0.4 is 5.32 Å². The fourth-order valence-electron chi connectivity index (χ4n) is 1.51. The number of esters is 1. The summed E-state index contributed by atoms with van der Waals surface area (Å²) in [4.78, 5) is 11.5. The minimum Gasteiger partial charge on any atom is -0.468 e. The first-order valence-electron chi connectivity index (χ1n) is 5.44. The lowest BCUT2D eigenvalue weighted by molar-refractivity contribution is -0.143. The molecule has 5 heteroatoms. The van der Waals surface area contributed by atoms with Gasteiger partial charge in [0.2, 0.25) is 0 Å². The smallest absolute Gasteiger partial charge is 0.322 e. The highest BCUT2D eigenvalue weighted by atomic mass is 16.5. The van der Waals surface area contributed by atoms with E-state index >= 15 is 0 Å². The van der Waals surface area contributed by atoms with Gasteiger partial charge < -0.3 is 10.1 Å². The molecule has 1 N–H and O–H groups in total. The van der Waals surface area contributed by atoms with Gasteiger partial charge >= 0.3 is 5.97 Å². The second kappa shape index (κ2) is 6.27. The van der Waals surface area contributed by atoms with Crippen molar-refractivity contribution < 1.29 is 9.53 Å². The van der Waals surface area contributed by atoms with E-state index in [-0.39, 0.29) is 18.1 Å². The van der Waals surface area contributed by atoms with Crippen molar-refractivity contribution in [2.45, 2.75) is 38.9 Å². The Kier molecular flexibility index (Phi) is 4.98. The largest absolute Gasteiger partial charge is 0.468 e. The fourth-order valence-corrected chi connectivity index (χ4v) is 1.51. The van der Waals surface area contributed by atoms with E-state index in [9.17, 15) is 4.79 Å². The summed E-state index contributed by atoms with van der Waals surface area (Å²) in [6.07, 6.45) is 4.28. The lowest BCUT2D eigenvalue weighted by Gasteiger charge is -2.18. The van der Waals surface area contributed by atoms with Crippen molar-refractivity contribution in [2.75, 3.05) is 7.11 Å². The zero-order chi connectivity index (χ0) is 12.0. The molecule has 1 rings (SSSR count). The Labute approximate surface area is 95.8 Å². The van der Waals surface area contributed by atoms with Gasteiger partial charge in [-0.25, -0.2) is 0 Å². The molecule has 0 amide bonds. The molecule has 0 saturated heterocycles. The Morgan fingerprint density at radius 1 is 1.56 bits per heavy atom. The predicted octanol–water partition coefficient (Wildman–Crippen LogP) is 0.813. The highest BCUT2D eigenvalue weighted by Gasteiger charge is 2.19. The second-order valence-corrected chi connectivity index (χ2v) is 3.95. The number of carbonyl (C=O) groups is 1. The summed E-state index contributed by atoms with van der Waals surface area (Å²) in [7, 11) is 1.41. The maximum absolute atomic E-state index is 11.5. The first kappa shape index (κ1) is 12.7. The molecule has 1 heterocycles. The lowest BCUT2D eigenvalue weighted by atomic mass is 10.2. The molecule has 0 aliphatic rings. The zero-order valence-electron chi connectivity index (χ0n) is 10.0. The molecule has 1 aromatic rings. The van der Waals surface area contributed by atoms with E-state index in [1.165, 1.54) is 7.11 Å². The Bertz CT molecular complexity index is 309. The Morgan fingerprint density at radius 3 is 2.81 bits per heavy atom. The van der Waals surface area contributed by atoms with Gasteiger partial charge in [0.05, 0.1) is 7.11 Å². The van der Waals surface area contributed by atoms with Gasteiger partial charge in [0, 0.05) is 25.0 Å². The van der Waals surface area contributed by atoms with Crippen molar-refractivity contribution in [1.29, 1.82) is 0 Å². The van der Waals surface area contributed by atoms with E-state index in [1.54, 1.807) is 10.9 Å². The van der Waals surface area contributed by atoms with Gasteiger partial charge in [-0.15, -0.1) is 0 Å². The summed E-state index contributed by atoms with van der Waals surface area (Å²) in [5.41, 5.74) is 0. The number of hydrogen-bond acceptors (Lipinski definition) is 4. The predicted molar refractivity (Wildman–Crippen MR) is 60.9 cm³/mol. The lowest BCUT2D eigenvalue weighted by Crippen LogP contribution is -2.42. The van der Waals surface area contributed by atoms with E-state index < -0.39 is 0 Å². The molecule has 0 aliphatic heterocycles. The third-order valence-electron chi connectivity index (χ3n) is 2.23. The van der Waals surface area contributed by atoms with Crippen molar-refractivity contribution in [3.8, 4) is 0 Å². The number of carbonyl (C=O) groups excluding carboxylic acids is 1. The van der Waals surface area contributed by atoms with Crippen LogP contribution in [0.5, 0.6) is 0 Å². The van der Waals surface area contributed by atoms with Crippen LogP contribution in [-0.2, 0) is 16.1 Å². The maximum Gasteiger partial charge on any atom is 0.322 e. The summed E-state index contributed by atoms with van der Waals surface area (Å²) in [6.45, 7) is 4.71. The third kappa shape index (κ3) is 4.02. The van der Waals surface area contributed by atoms with Gasteiger partial charge in [-0.2, -0.15) is 5.10 Å². The van der Waals surface area contributed by atoms with Gasteiger partial charge in [0.25, 0.3) is 0 Å². The number of aromatic nitrogens is 2. The summed E-state index contributed by atoms with van der Waals surface area (Å²) in [6, 6.07) is 1.85. The minimum atomic E-state index is -0.269. The molecule has 90 valence electrons. The van der Waals surface area contributed by atoms with E-state index in [0.29, 0.717) is 13.0 Å². The normalized spacial score (nSPS) is 12.8. The number of ether oxygens (including phenoxy) is 1. The van der Waals surface area contributed by atoms with Crippen LogP contribution >= 0.6 is 0 Å². The van der Waals surface area contributed by atoms with Crippen molar-refractivity contribution in [2.24, 2.45) is 0 Å². The third-order valence-corrected chi connectivity index (χ3v) is 2.23. The molecule has 0 radical (unpaired) electrons. The average Bonchev–Trinajstić information content (AvgIpc) is 2.75. The Morgan fingerprint density at radius 2 is 2.31 bits per heavy atom. The number of aryl methyl sites for hydroxylation is 1. The quantitative estimate of drug-likeness (QED) is 0.728. The molecule has 0 fully saturated rings. The monoisotopic (exact) mass is 225 g/mol. The van der Waals surface area contributed by atoms with Gasteiger partial charge in [-0.3, -0.25) is 9.48 Å². The Hall–Kier alpha value is -1.36. The molecule has 0 aromatic carbocycles. The molecule has 0 bridgehead atoms. The highest BCUT2D eigenvalue weighted by molar-refractivity contribution is 5.75. The molecule has 1 aromatic heterocycles. The van der Waals surface area contributed by atoms with E-state index in [0.717, 1.165) is 0 Å². The number of methoxy groups -OCH3 is 1. The Balaban J connectivity index is 2.46. The molecule has 5 nitrogen and oxygen atoms in total. The highest BCUT2D eigenvalue weighted by Crippen LogP contribution is 2.00. The number of nitrogens with zero attached hydrogens (tertiary/aromatic N) is 2. The topological polar surface area (TPSA) is 56.2 Å². The SMILES string of the molecule is COC(=O)C(CCn1cccn1)NC(C)C.